The minimum Gasteiger partial charge on any atom is -0.383 e. The molecule has 0 saturated heterocycles. The highest BCUT2D eigenvalue weighted by Gasteiger charge is 2.21. The number of carbonyl (C=O) groups is 1. The summed E-state index contributed by atoms with van der Waals surface area (Å²) in [6, 6.07) is 4.85. The lowest BCUT2D eigenvalue weighted by Gasteiger charge is -2.14. The Morgan fingerprint density at radius 1 is 1.21 bits per heavy atom. The van der Waals surface area contributed by atoms with Crippen molar-refractivity contribution in [2.45, 2.75) is 17.9 Å². The largest absolute Gasteiger partial charge is 0.383 e. The van der Waals surface area contributed by atoms with Gasteiger partial charge >= 0.3 is 0 Å². The zero-order chi connectivity index (χ0) is 17.3. The maximum atomic E-state index is 12.1. The Kier molecular flexibility index (Phi) is 11.2. The average Bonchev–Trinajstić information content (AvgIpc) is 2.50. The molecule has 1 atom stereocenters. The normalized spacial score (nSPS) is 12.3. The van der Waals surface area contributed by atoms with Crippen molar-refractivity contribution < 1.29 is 17.9 Å². The summed E-state index contributed by atoms with van der Waals surface area (Å²) in [6.07, 6.45) is 0. The smallest absolute Gasteiger partial charge is 0.241 e. The summed E-state index contributed by atoms with van der Waals surface area (Å²) in [5.74, 6) is -0.393. The molecule has 3 N–H and O–H groups in total. The number of benzene rings is 1. The van der Waals surface area contributed by atoms with Gasteiger partial charge < -0.3 is 15.4 Å². The van der Waals surface area contributed by atoms with E-state index in [1.165, 1.54) is 31.2 Å². The van der Waals surface area contributed by atoms with Crippen LogP contribution < -0.4 is 15.4 Å². The molecule has 24 heavy (non-hydrogen) atoms. The second-order valence-corrected chi connectivity index (χ2v) is 6.98. The molecule has 1 rings (SSSR count). The Labute approximate surface area is 153 Å². The van der Waals surface area contributed by atoms with Gasteiger partial charge in [0.15, 0.2) is 0 Å². The number of sulfonamides is 1. The molecule has 0 aliphatic carbocycles. The van der Waals surface area contributed by atoms with Gasteiger partial charge in [0.25, 0.3) is 0 Å². The molecule has 0 aromatic heterocycles. The summed E-state index contributed by atoms with van der Waals surface area (Å²) < 4.78 is 31.5. The first-order valence-electron chi connectivity index (χ1n) is 7.12. The van der Waals surface area contributed by atoms with Gasteiger partial charge in [-0.3, -0.25) is 4.79 Å². The molecule has 1 aromatic rings. The van der Waals surface area contributed by atoms with Crippen molar-refractivity contribution in [1.82, 2.24) is 15.4 Å². The number of rotatable bonds is 10. The van der Waals surface area contributed by atoms with E-state index in [2.05, 4.69) is 15.4 Å². The van der Waals surface area contributed by atoms with Crippen molar-refractivity contribution in [1.29, 1.82) is 0 Å². The molecule has 0 bridgehead atoms. The van der Waals surface area contributed by atoms with Crippen LogP contribution in [0.25, 0.3) is 0 Å². The molecular formula is C14H23Cl2N3O4S. The van der Waals surface area contributed by atoms with Crippen molar-refractivity contribution in [3.63, 3.8) is 0 Å². The van der Waals surface area contributed by atoms with Crippen LogP contribution in [-0.2, 0) is 19.6 Å². The van der Waals surface area contributed by atoms with Gasteiger partial charge in [-0.1, -0.05) is 11.6 Å². The van der Waals surface area contributed by atoms with Gasteiger partial charge in [0, 0.05) is 31.8 Å². The molecule has 0 spiro atoms. The summed E-state index contributed by atoms with van der Waals surface area (Å²) in [7, 11) is -2.16. The van der Waals surface area contributed by atoms with E-state index in [0.29, 0.717) is 31.3 Å². The first kappa shape index (κ1) is 23.1. The molecule has 0 heterocycles. The topological polar surface area (TPSA) is 96.5 Å². The summed E-state index contributed by atoms with van der Waals surface area (Å²) >= 11 is 5.73. The van der Waals surface area contributed by atoms with Crippen LogP contribution in [0.3, 0.4) is 0 Å². The van der Waals surface area contributed by atoms with E-state index < -0.39 is 22.0 Å². The predicted octanol–water partition coefficient (Wildman–Crippen LogP) is 0.781. The van der Waals surface area contributed by atoms with Crippen LogP contribution in [0.5, 0.6) is 0 Å². The van der Waals surface area contributed by atoms with Crippen LogP contribution in [0.2, 0.25) is 5.02 Å². The number of ether oxygens (including phenoxy) is 1. The van der Waals surface area contributed by atoms with Crippen molar-refractivity contribution in [2.75, 3.05) is 33.4 Å². The maximum Gasteiger partial charge on any atom is 0.241 e. The second kappa shape index (κ2) is 11.6. The molecule has 0 aliphatic heterocycles. The predicted molar refractivity (Wildman–Crippen MR) is 96.2 cm³/mol. The van der Waals surface area contributed by atoms with Gasteiger partial charge in [0.1, 0.15) is 0 Å². The molecule has 1 amide bonds. The van der Waals surface area contributed by atoms with E-state index in [1.54, 1.807) is 7.11 Å². The van der Waals surface area contributed by atoms with Crippen molar-refractivity contribution in [2.24, 2.45) is 0 Å². The molecule has 1 unspecified atom stereocenters. The van der Waals surface area contributed by atoms with Crippen LogP contribution in [0.15, 0.2) is 29.2 Å². The van der Waals surface area contributed by atoms with Crippen LogP contribution in [0, 0.1) is 0 Å². The van der Waals surface area contributed by atoms with E-state index in [1.807, 2.05) is 0 Å². The monoisotopic (exact) mass is 399 g/mol. The van der Waals surface area contributed by atoms with Gasteiger partial charge in [0.2, 0.25) is 15.9 Å². The van der Waals surface area contributed by atoms with Crippen molar-refractivity contribution in [3.8, 4) is 0 Å². The second-order valence-electron chi connectivity index (χ2n) is 4.83. The number of nitrogens with one attached hydrogen (secondary N) is 3. The molecular weight excluding hydrogens is 377 g/mol. The molecule has 138 valence electrons. The van der Waals surface area contributed by atoms with E-state index >= 15 is 0 Å². The highest BCUT2D eigenvalue weighted by molar-refractivity contribution is 7.89. The fraction of sp³-hybridized carbons (Fsp3) is 0.500. The molecule has 0 fully saturated rings. The highest BCUT2D eigenvalue weighted by atomic mass is 35.5. The van der Waals surface area contributed by atoms with E-state index in [4.69, 9.17) is 16.3 Å². The van der Waals surface area contributed by atoms with Gasteiger partial charge in [-0.15, -0.1) is 12.4 Å². The number of methoxy groups -OCH3 is 1. The van der Waals surface area contributed by atoms with E-state index in [9.17, 15) is 13.2 Å². The van der Waals surface area contributed by atoms with Crippen molar-refractivity contribution in [3.05, 3.63) is 29.3 Å². The Morgan fingerprint density at radius 3 is 2.42 bits per heavy atom. The zero-order valence-corrected chi connectivity index (χ0v) is 15.9. The highest BCUT2D eigenvalue weighted by Crippen LogP contribution is 2.14. The lowest BCUT2D eigenvalue weighted by molar-refractivity contribution is -0.122. The maximum absolute atomic E-state index is 12.1. The minimum absolute atomic E-state index is 0. The fourth-order valence-corrected chi connectivity index (χ4v) is 3.02. The average molecular weight is 400 g/mol. The molecule has 7 nitrogen and oxygen atoms in total. The SMILES string of the molecule is COCCNCCNC(=O)C(C)NS(=O)(=O)c1ccc(Cl)cc1.Cl. The third kappa shape index (κ3) is 8.27. The molecule has 0 aliphatic rings. The Morgan fingerprint density at radius 2 is 1.83 bits per heavy atom. The summed E-state index contributed by atoms with van der Waals surface area (Å²) in [6.45, 7) is 3.73. The molecule has 1 aromatic carbocycles. The fourth-order valence-electron chi connectivity index (χ4n) is 1.69. The van der Waals surface area contributed by atoms with E-state index in [-0.39, 0.29) is 17.3 Å². The summed E-state index contributed by atoms with van der Waals surface area (Å²) in [4.78, 5) is 11.9. The van der Waals surface area contributed by atoms with Crippen LogP contribution in [0.1, 0.15) is 6.92 Å². The third-order valence-corrected chi connectivity index (χ3v) is 4.74. The summed E-state index contributed by atoms with van der Waals surface area (Å²) in [5, 5.41) is 6.16. The Bertz CT molecular complexity index is 597. The van der Waals surface area contributed by atoms with Crippen LogP contribution in [-0.4, -0.2) is 53.7 Å². The standard InChI is InChI=1S/C14H22ClN3O4S.ClH/c1-11(14(19)17-8-7-16-9-10-22-2)18-23(20,21)13-5-3-12(15)4-6-13;/h3-6,11,16,18H,7-10H2,1-2H3,(H,17,19);1H. The molecule has 0 radical (unpaired) electrons. The lowest BCUT2D eigenvalue weighted by atomic mass is 10.3. The number of halogens is 2. The minimum atomic E-state index is -3.77. The zero-order valence-electron chi connectivity index (χ0n) is 13.5. The van der Waals surface area contributed by atoms with Gasteiger partial charge in [-0.2, -0.15) is 4.72 Å². The summed E-state index contributed by atoms with van der Waals surface area (Å²) in [5.41, 5.74) is 0. The number of carbonyl (C=O) groups excluding carboxylic acids is 1. The number of hydrogen-bond acceptors (Lipinski definition) is 5. The van der Waals surface area contributed by atoms with Crippen molar-refractivity contribution >= 4 is 39.9 Å². The number of amides is 1. The van der Waals surface area contributed by atoms with Crippen LogP contribution >= 0.6 is 24.0 Å². The Hall–Kier alpha value is -0.900. The van der Waals surface area contributed by atoms with Gasteiger partial charge in [-0.05, 0) is 31.2 Å². The first-order chi connectivity index (χ1) is 10.9. The lowest BCUT2D eigenvalue weighted by Crippen LogP contribution is -2.46. The quantitative estimate of drug-likeness (QED) is 0.505. The third-order valence-electron chi connectivity index (χ3n) is 2.93. The first-order valence-corrected chi connectivity index (χ1v) is 8.98. The van der Waals surface area contributed by atoms with Gasteiger partial charge in [-0.25, -0.2) is 8.42 Å². The molecule has 0 saturated carbocycles. The van der Waals surface area contributed by atoms with Gasteiger partial charge in [0.05, 0.1) is 17.5 Å². The number of hydrogen-bond donors (Lipinski definition) is 3. The van der Waals surface area contributed by atoms with Crippen LogP contribution in [0.4, 0.5) is 0 Å². The Balaban J connectivity index is 0.00000529. The van der Waals surface area contributed by atoms with E-state index in [0.717, 1.165) is 0 Å². The molecule has 10 heteroatoms.